The van der Waals surface area contributed by atoms with E-state index in [1.54, 1.807) is 25.1 Å². The summed E-state index contributed by atoms with van der Waals surface area (Å²) < 4.78 is 31.2. The third-order valence-electron chi connectivity index (χ3n) is 3.30. The van der Waals surface area contributed by atoms with Crippen LogP contribution in [0, 0.1) is 0 Å². The van der Waals surface area contributed by atoms with Gasteiger partial charge in [-0.15, -0.1) is 11.3 Å². The minimum absolute atomic E-state index is 0.193. The first-order valence-electron chi connectivity index (χ1n) is 7.62. The standard InChI is InChI=1S/C16H18BrN3O5S2/c1-9(18-16(22)13-6-7-14(17)26-13)15(21)19-10-4-5-12(25-2)11(8-10)20-27(3,23)24/h4-9,20H,1-3H3,(H,18,22)(H,19,21). The van der Waals surface area contributed by atoms with Crippen LogP contribution in [0.2, 0.25) is 0 Å². The predicted octanol–water partition coefficient (Wildman–Crippen LogP) is 2.65. The lowest BCUT2D eigenvalue weighted by atomic mass is 10.2. The SMILES string of the molecule is COc1ccc(NC(=O)C(C)NC(=O)c2ccc(Br)s2)cc1NS(C)(=O)=O. The second-order valence-electron chi connectivity index (χ2n) is 5.58. The van der Waals surface area contributed by atoms with Crippen molar-refractivity contribution in [2.75, 3.05) is 23.4 Å². The highest BCUT2D eigenvalue weighted by atomic mass is 79.9. The van der Waals surface area contributed by atoms with Crippen molar-refractivity contribution in [2.24, 2.45) is 0 Å². The van der Waals surface area contributed by atoms with E-state index in [1.165, 1.54) is 30.6 Å². The number of ether oxygens (including phenoxy) is 1. The van der Waals surface area contributed by atoms with Crippen molar-refractivity contribution in [3.63, 3.8) is 0 Å². The van der Waals surface area contributed by atoms with Gasteiger partial charge in [0.2, 0.25) is 15.9 Å². The third-order valence-corrected chi connectivity index (χ3v) is 5.51. The molecule has 3 N–H and O–H groups in total. The summed E-state index contributed by atoms with van der Waals surface area (Å²) in [6, 6.07) is 7.12. The van der Waals surface area contributed by atoms with Crippen molar-refractivity contribution in [3.05, 3.63) is 39.0 Å². The van der Waals surface area contributed by atoms with Crippen LogP contribution < -0.4 is 20.1 Å². The molecule has 27 heavy (non-hydrogen) atoms. The molecule has 0 saturated heterocycles. The number of hydrogen-bond acceptors (Lipinski definition) is 6. The molecule has 0 fully saturated rings. The van der Waals surface area contributed by atoms with Crippen LogP contribution in [-0.2, 0) is 14.8 Å². The first-order chi connectivity index (χ1) is 12.6. The molecular formula is C16H18BrN3O5S2. The van der Waals surface area contributed by atoms with Crippen LogP contribution in [0.15, 0.2) is 34.1 Å². The molecule has 0 saturated carbocycles. The first kappa shape index (κ1) is 21.2. The number of carbonyl (C=O) groups excluding carboxylic acids is 2. The zero-order valence-electron chi connectivity index (χ0n) is 14.7. The molecule has 11 heteroatoms. The Balaban J connectivity index is 2.07. The largest absolute Gasteiger partial charge is 0.495 e. The van der Waals surface area contributed by atoms with Crippen molar-refractivity contribution < 1.29 is 22.7 Å². The maximum atomic E-state index is 12.3. The summed E-state index contributed by atoms with van der Waals surface area (Å²) in [4.78, 5) is 24.9. The maximum absolute atomic E-state index is 12.3. The molecule has 0 radical (unpaired) electrons. The molecule has 0 spiro atoms. The van der Waals surface area contributed by atoms with E-state index >= 15 is 0 Å². The molecule has 1 heterocycles. The van der Waals surface area contributed by atoms with E-state index in [4.69, 9.17) is 4.74 Å². The van der Waals surface area contributed by atoms with Gasteiger partial charge in [-0.05, 0) is 53.2 Å². The van der Waals surface area contributed by atoms with Gasteiger partial charge in [-0.1, -0.05) is 0 Å². The summed E-state index contributed by atoms with van der Waals surface area (Å²) in [5.74, 6) is -0.500. The Morgan fingerprint density at radius 3 is 2.48 bits per heavy atom. The van der Waals surface area contributed by atoms with Crippen LogP contribution in [0.3, 0.4) is 0 Å². The van der Waals surface area contributed by atoms with Gasteiger partial charge in [0.1, 0.15) is 11.8 Å². The molecule has 0 aliphatic carbocycles. The summed E-state index contributed by atoms with van der Waals surface area (Å²) in [5.41, 5.74) is 0.546. The minimum atomic E-state index is -3.52. The number of sulfonamides is 1. The van der Waals surface area contributed by atoms with Crippen LogP contribution in [0.5, 0.6) is 5.75 Å². The van der Waals surface area contributed by atoms with E-state index in [0.29, 0.717) is 16.3 Å². The lowest BCUT2D eigenvalue weighted by Gasteiger charge is -2.15. The van der Waals surface area contributed by atoms with Crippen LogP contribution in [0.4, 0.5) is 11.4 Å². The third kappa shape index (κ3) is 6.22. The smallest absolute Gasteiger partial charge is 0.262 e. The van der Waals surface area contributed by atoms with Crippen LogP contribution in [0.25, 0.3) is 0 Å². The van der Waals surface area contributed by atoms with Gasteiger partial charge in [-0.25, -0.2) is 8.42 Å². The molecule has 1 atom stereocenters. The molecule has 146 valence electrons. The highest BCUT2D eigenvalue weighted by Gasteiger charge is 2.18. The molecule has 2 aromatic rings. The Kier molecular flexibility index (Phi) is 6.84. The van der Waals surface area contributed by atoms with Gasteiger partial charge in [0.15, 0.2) is 0 Å². The van der Waals surface area contributed by atoms with Gasteiger partial charge in [-0.2, -0.15) is 0 Å². The molecule has 0 bridgehead atoms. The van der Waals surface area contributed by atoms with E-state index in [0.717, 1.165) is 10.0 Å². The maximum Gasteiger partial charge on any atom is 0.262 e. The summed E-state index contributed by atoms with van der Waals surface area (Å²) >= 11 is 4.54. The molecule has 8 nitrogen and oxygen atoms in total. The average Bonchev–Trinajstić information content (AvgIpc) is 3.00. The van der Waals surface area contributed by atoms with E-state index in [-0.39, 0.29) is 11.6 Å². The van der Waals surface area contributed by atoms with Gasteiger partial charge in [0, 0.05) is 5.69 Å². The Bertz CT molecular complexity index is 959. The summed E-state index contributed by atoms with van der Waals surface area (Å²) in [5, 5.41) is 5.24. The second kappa shape index (κ2) is 8.72. The number of halogens is 1. The summed E-state index contributed by atoms with van der Waals surface area (Å²) in [6.07, 6.45) is 1.01. The van der Waals surface area contributed by atoms with Gasteiger partial charge in [0.25, 0.3) is 5.91 Å². The van der Waals surface area contributed by atoms with Crippen molar-refractivity contribution in [3.8, 4) is 5.75 Å². The van der Waals surface area contributed by atoms with E-state index in [1.807, 2.05) is 0 Å². The van der Waals surface area contributed by atoms with Crippen LogP contribution >= 0.6 is 27.3 Å². The molecule has 2 rings (SSSR count). The fourth-order valence-corrected chi connectivity index (χ4v) is 3.93. The number of rotatable bonds is 7. The fourth-order valence-electron chi connectivity index (χ4n) is 2.09. The number of amides is 2. The lowest BCUT2D eigenvalue weighted by molar-refractivity contribution is -0.117. The number of methoxy groups -OCH3 is 1. The monoisotopic (exact) mass is 475 g/mol. The van der Waals surface area contributed by atoms with E-state index < -0.39 is 22.0 Å². The predicted molar refractivity (Wildman–Crippen MR) is 109 cm³/mol. The van der Waals surface area contributed by atoms with Crippen LogP contribution in [-0.4, -0.2) is 39.6 Å². The first-order valence-corrected chi connectivity index (χ1v) is 11.1. The highest BCUT2D eigenvalue weighted by Crippen LogP contribution is 2.28. The number of thiophene rings is 1. The number of nitrogens with one attached hydrogen (secondary N) is 3. The zero-order chi connectivity index (χ0) is 20.2. The summed E-state index contributed by atoms with van der Waals surface area (Å²) in [7, 11) is -2.11. The Morgan fingerprint density at radius 2 is 1.93 bits per heavy atom. The van der Waals surface area contributed by atoms with Gasteiger partial charge < -0.3 is 15.4 Å². The topological polar surface area (TPSA) is 114 Å². The van der Waals surface area contributed by atoms with E-state index in [9.17, 15) is 18.0 Å². The Hall–Kier alpha value is -2.11. The Morgan fingerprint density at radius 1 is 1.22 bits per heavy atom. The van der Waals surface area contributed by atoms with Crippen molar-refractivity contribution in [1.82, 2.24) is 5.32 Å². The molecule has 1 unspecified atom stereocenters. The van der Waals surface area contributed by atoms with E-state index in [2.05, 4.69) is 31.3 Å². The average molecular weight is 476 g/mol. The van der Waals surface area contributed by atoms with Crippen molar-refractivity contribution in [1.29, 1.82) is 0 Å². The quantitative estimate of drug-likeness (QED) is 0.569. The Labute approximate surface area is 169 Å². The number of carbonyl (C=O) groups is 2. The fraction of sp³-hybridized carbons (Fsp3) is 0.250. The minimum Gasteiger partial charge on any atom is -0.495 e. The van der Waals surface area contributed by atoms with Crippen molar-refractivity contribution in [2.45, 2.75) is 13.0 Å². The van der Waals surface area contributed by atoms with Gasteiger partial charge in [0.05, 0.1) is 27.7 Å². The van der Waals surface area contributed by atoms with Crippen LogP contribution in [0.1, 0.15) is 16.6 Å². The molecule has 1 aromatic carbocycles. The second-order valence-corrected chi connectivity index (χ2v) is 9.79. The molecule has 2 amide bonds. The lowest BCUT2D eigenvalue weighted by Crippen LogP contribution is -2.41. The van der Waals surface area contributed by atoms with Crippen molar-refractivity contribution >= 4 is 60.5 Å². The number of anilines is 2. The normalized spacial score (nSPS) is 12.1. The zero-order valence-corrected chi connectivity index (χ0v) is 17.9. The molecular weight excluding hydrogens is 458 g/mol. The van der Waals surface area contributed by atoms with Gasteiger partial charge in [-0.3, -0.25) is 14.3 Å². The number of hydrogen-bond donors (Lipinski definition) is 3. The molecule has 0 aliphatic rings. The summed E-state index contributed by atoms with van der Waals surface area (Å²) in [6.45, 7) is 1.55. The number of benzene rings is 1. The highest BCUT2D eigenvalue weighted by molar-refractivity contribution is 9.11. The molecule has 1 aromatic heterocycles. The van der Waals surface area contributed by atoms with Gasteiger partial charge >= 0.3 is 0 Å². The molecule has 0 aliphatic heterocycles.